The minimum atomic E-state index is -0.546. The number of hydrogen-bond acceptors (Lipinski definition) is 8. The molecule has 3 heterocycles. The molecule has 3 rings (SSSR count). The van der Waals surface area contributed by atoms with E-state index < -0.39 is 11.8 Å². The van der Waals surface area contributed by atoms with Crippen molar-refractivity contribution in [3.05, 3.63) is 22.9 Å². The molecule has 1 aromatic rings. The summed E-state index contributed by atoms with van der Waals surface area (Å²) < 4.78 is 0. The van der Waals surface area contributed by atoms with Gasteiger partial charge < -0.3 is 10.2 Å². The van der Waals surface area contributed by atoms with Crippen LogP contribution in [-0.2, 0) is 9.59 Å². The van der Waals surface area contributed by atoms with Crippen molar-refractivity contribution in [2.75, 3.05) is 30.4 Å². The number of Topliss-reactive ketones (excluding diaryl/α,β-unsaturated/α-hetero) is 1. The van der Waals surface area contributed by atoms with Gasteiger partial charge in [-0.05, 0) is 19.1 Å². The highest BCUT2D eigenvalue weighted by Crippen LogP contribution is 2.27. The van der Waals surface area contributed by atoms with Crippen molar-refractivity contribution in [3.63, 3.8) is 0 Å². The van der Waals surface area contributed by atoms with Crippen molar-refractivity contribution in [1.29, 1.82) is 0 Å². The van der Waals surface area contributed by atoms with Crippen LogP contribution in [0.5, 0.6) is 0 Å². The van der Waals surface area contributed by atoms with Crippen LogP contribution in [0.4, 0.5) is 5.95 Å². The third kappa shape index (κ3) is 3.77. The summed E-state index contributed by atoms with van der Waals surface area (Å²) in [7, 11) is 0. The number of carbonyl (C=O) groups is 2. The first-order valence-corrected chi connectivity index (χ1v) is 8.54. The molecule has 0 saturated carbocycles. The number of aromatic nitrogens is 2. The van der Waals surface area contributed by atoms with Crippen molar-refractivity contribution in [3.8, 4) is 0 Å². The van der Waals surface area contributed by atoms with E-state index in [0.29, 0.717) is 24.2 Å². The van der Waals surface area contributed by atoms with Gasteiger partial charge in [0, 0.05) is 42.7 Å². The van der Waals surface area contributed by atoms with Crippen LogP contribution in [0, 0.1) is 0 Å². The van der Waals surface area contributed by atoms with Gasteiger partial charge in [-0.15, -0.1) is 11.8 Å². The molecule has 0 radical (unpaired) electrons. The maximum absolute atomic E-state index is 11.6. The van der Waals surface area contributed by atoms with Gasteiger partial charge in [-0.2, -0.15) is 0 Å². The van der Waals surface area contributed by atoms with E-state index in [-0.39, 0.29) is 0 Å². The fourth-order valence-corrected chi connectivity index (χ4v) is 3.67. The number of hydrogen-bond donors (Lipinski definition) is 2. The summed E-state index contributed by atoms with van der Waals surface area (Å²) >= 11 is 1.52. The number of nitrogens with zero attached hydrogens (tertiary/aromatic N) is 3. The molecular formula is C15H19N5O2S. The van der Waals surface area contributed by atoms with Crippen molar-refractivity contribution < 1.29 is 9.59 Å². The smallest absolute Gasteiger partial charge is 0.225 e. The highest BCUT2D eigenvalue weighted by atomic mass is 32.2. The number of nitrogens with one attached hydrogen (secondary N) is 2. The van der Waals surface area contributed by atoms with Crippen LogP contribution < -0.4 is 15.5 Å². The Morgan fingerprint density at radius 2 is 2.35 bits per heavy atom. The Morgan fingerprint density at radius 3 is 3.13 bits per heavy atom. The van der Waals surface area contributed by atoms with Gasteiger partial charge in [-0.1, -0.05) is 0 Å². The summed E-state index contributed by atoms with van der Waals surface area (Å²) in [4.78, 5) is 34.3. The topological polar surface area (TPSA) is 87.2 Å². The van der Waals surface area contributed by atoms with Crippen LogP contribution >= 0.6 is 11.8 Å². The molecule has 2 atom stereocenters. The molecule has 0 aliphatic carbocycles. The zero-order valence-electron chi connectivity index (χ0n) is 12.9. The second kappa shape index (κ2) is 7.20. The summed E-state index contributed by atoms with van der Waals surface area (Å²) in [6, 6.07) is 1.66. The van der Waals surface area contributed by atoms with E-state index >= 15 is 0 Å². The van der Waals surface area contributed by atoms with Crippen molar-refractivity contribution in [2.45, 2.75) is 19.0 Å². The van der Waals surface area contributed by atoms with E-state index in [2.05, 4.69) is 32.4 Å². The second-order valence-corrected chi connectivity index (χ2v) is 6.62. The van der Waals surface area contributed by atoms with Gasteiger partial charge in [0.15, 0.2) is 6.29 Å². The van der Waals surface area contributed by atoms with Gasteiger partial charge in [0.1, 0.15) is 6.04 Å². The Balaban J connectivity index is 1.81. The number of thioether (sulfide) groups is 1. The minimum absolute atomic E-state index is 0.366. The van der Waals surface area contributed by atoms with E-state index in [1.54, 1.807) is 6.20 Å². The van der Waals surface area contributed by atoms with Gasteiger partial charge >= 0.3 is 0 Å². The van der Waals surface area contributed by atoms with Gasteiger partial charge in [0.2, 0.25) is 11.7 Å². The summed E-state index contributed by atoms with van der Waals surface area (Å²) in [5.41, 5.74) is 0.746. The number of rotatable bonds is 4. The van der Waals surface area contributed by atoms with Crippen LogP contribution in [0.3, 0.4) is 0 Å². The molecule has 0 bridgehead atoms. The minimum Gasteiger partial charge on any atom is -0.338 e. The SMILES string of the molecule is CC1CN(c2nccc(/C=C3\SCNC3C(=O)C=O)n2)CCN1. The Morgan fingerprint density at radius 1 is 1.48 bits per heavy atom. The summed E-state index contributed by atoms with van der Waals surface area (Å²) in [5, 5.41) is 6.40. The van der Waals surface area contributed by atoms with Crippen LogP contribution in [0.15, 0.2) is 17.2 Å². The molecule has 2 unspecified atom stereocenters. The van der Waals surface area contributed by atoms with Crippen molar-refractivity contribution in [1.82, 2.24) is 20.6 Å². The third-order valence-corrected chi connectivity index (χ3v) is 4.82. The van der Waals surface area contributed by atoms with Gasteiger partial charge in [0.25, 0.3) is 0 Å². The zero-order chi connectivity index (χ0) is 16.2. The van der Waals surface area contributed by atoms with E-state index in [0.717, 1.165) is 30.2 Å². The molecule has 122 valence electrons. The predicted octanol–water partition coefficient (Wildman–Crippen LogP) is 0.0461. The highest BCUT2D eigenvalue weighted by Gasteiger charge is 2.27. The number of ketones is 1. The number of anilines is 1. The maximum Gasteiger partial charge on any atom is 0.225 e. The third-order valence-electron chi connectivity index (χ3n) is 3.82. The molecule has 0 spiro atoms. The van der Waals surface area contributed by atoms with E-state index in [9.17, 15) is 9.59 Å². The predicted molar refractivity (Wildman–Crippen MR) is 90.1 cm³/mol. The first-order valence-electron chi connectivity index (χ1n) is 7.55. The molecule has 2 N–H and O–H groups in total. The molecule has 0 aromatic carbocycles. The lowest BCUT2D eigenvalue weighted by molar-refractivity contribution is -0.130. The van der Waals surface area contributed by atoms with E-state index in [4.69, 9.17) is 0 Å². The summed E-state index contributed by atoms with van der Waals surface area (Å²) in [6.45, 7) is 4.77. The first kappa shape index (κ1) is 16.1. The average molecular weight is 333 g/mol. The molecule has 23 heavy (non-hydrogen) atoms. The summed E-state index contributed by atoms with van der Waals surface area (Å²) in [5.74, 6) is 0.858. The van der Waals surface area contributed by atoms with Gasteiger partial charge in [0.05, 0.1) is 5.69 Å². The Hall–Kier alpha value is -1.77. The lowest BCUT2D eigenvalue weighted by Crippen LogP contribution is -2.49. The Bertz CT molecular complexity index is 636. The molecule has 2 aliphatic heterocycles. The molecule has 1 aromatic heterocycles. The van der Waals surface area contributed by atoms with Crippen molar-refractivity contribution in [2.24, 2.45) is 0 Å². The number of aldehydes is 1. The lowest BCUT2D eigenvalue weighted by Gasteiger charge is -2.31. The highest BCUT2D eigenvalue weighted by molar-refractivity contribution is 8.03. The Labute approximate surface area is 138 Å². The van der Waals surface area contributed by atoms with Crippen LogP contribution in [0.25, 0.3) is 6.08 Å². The monoisotopic (exact) mass is 333 g/mol. The Kier molecular flexibility index (Phi) is 5.04. The molecule has 2 fully saturated rings. The van der Waals surface area contributed by atoms with Crippen molar-refractivity contribution >= 4 is 35.9 Å². The van der Waals surface area contributed by atoms with E-state index in [1.165, 1.54) is 11.8 Å². The molecular weight excluding hydrogens is 314 g/mol. The van der Waals surface area contributed by atoms with Crippen LogP contribution in [0.2, 0.25) is 0 Å². The van der Waals surface area contributed by atoms with Gasteiger partial charge in [-0.3, -0.25) is 14.9 Å². The van der Waals surface area contributed by atoms with Gasteiger partial charge in [-0.25, -0.2) is 9.97 Å². The first-order chi connectivity index (χ1) is 11.2. The van der Waals surface area contributed by atoms with Crippen LogP contribution in [-0.4, -0.2) is 59.6 Å². The fraction of sp³-hybridized carbons (Fsp3) is 0.467. The molecule has 8 heteroatoms. The maximum atomic E-state index is 11.6. The standard InChI is InChI=1S/C15H19N5O2S/c1-10-7-20(5-4-16-10)15-17-3-2-11(19-15)6-13-14(12(22)8-21)18-9-23-13/h2-3,6,8,10,14,16,18H,4-5,7,9H2,1H3/b13-6-. The molecule has 7 nitrogen and oxygen atoms in total. The van der Waals surface area contributed by atoms with Crippen LogP contribution in [0.1, 0.15) is 12.6 Å². The zero-order valence-corrected chi connectivity index (χ0v) is 13.7. The molecule has 0 amide bonds. The van der Waals surface area contributed by atoms with E-state index in [1.807, 2.05) is 12.1 Å². The quantitative estimate of drug-likeness (QED) is 0.590. The molecule has 2 aliphatic rings. The normalized spacial score (nSPS) is 26.5. The molecule has 2 saturated heterocycles. The number of piperazine rings is 1. The average Bonchev–Trinajstić information content (AvgIpc) is 3.02. The summed E-state index contributed by atoms with van der Waals surface area (Å²) in [6.07, 6.45) is 3.95. The largest absolute Gasteiger partial charge is 0.338 e. The lowest BCUT2D eigenvalue weighted by atomic mass is 10.1. The fourth-order valence-electron chi connectivity index (χ4n) is 2.68. The number of carbonyl (C=O) groups excluding carboxylic acids is 2. The second-order valence-electron chi connectivity index (χ2n) is 5.58.